The molecule has 1 aromatic carbocycles. The Balaban J connectivity index is 2.31. The number of aryl methyl sites for hydroxylation is 1. The zero-order valence-electron chi connectivity index (χ0n) is 11.1. The van der Waals surface area contributed by atoms with Gasteiger partial charge in [-0.05, 0) is 17.7 Å². The van der Waals surface area contributed by atoms with Crippen LogP contribution in [0.2, 0.25) is 0 Å². The van der Waals surface area contributed by atoms with Gasteiger partial charge < -0.3 is 15.0 Å². The topological polar surface area (TPSA) is 53.1 Å². The molecule has 0 aliphatic carbocycles. The predicted octanol–water partition coefficient (Wildman–Crippen LogP) is 2.14. The van der Waals surface area contributed by atoms with E-state index in [-0.39, 0.29) is 0 Å². The average Bonchev–Trinajstić information content (AvgIpc) is 2.85. The van der Waals surface area contributed by atoms with Gasteiger partial charge in [-0.1, -0.05) is 25.2 Å². The number of aromatic nitrogens is 2. The van der Waals surface area contributed by atoms with Crippen LogP contribution < -0.4 is 10.5 Å². The number of nitrogens with zero attached hydrogens (tertiary/aromatic N) is 2. The minimum absolute atomic E-state index is 0.347. The van der Waals surface area contributed by atoms with Gasteiger partial charge in [-0.2, -0.15) is 0 Å². The number of nitrogens with two attached hydrogens (primary N) is 1. The van der Waals surface area contributed by atoms with E-state index in [1.165, 1.54) is 0 Å². The number of rotatable bonds is 5. The molecule has 0 aliphatic heterocycles. The van der Waals surface area contributed by atoms with Gasteiger partial charge in [0.15, 0.2) is 0 Å². The fraction of sp³-hybridized carbons (Fsp3) is 0.286. The molecule has 0 saturated carbocycles. The van der Waals surface area contributed by atoms with E-state index in [0.717, 1.165) is 29.9 Å². The van der Waals surface area contributed by atoms with Crippen LogP contribution in [0.1, 0.15) is 23.9 Å². The molecule has 0 atom stereocenters. The summed E-state index contributed by atoms with van der Waals surface area (Å²) in [4.78, 5) is 4.66. The number of imidazole rings is 1. The molecule has 19 heavy (non-hydrogen) atoms. The molecule has 1 aromatic heterocycles. The van der Waals surface area contributed by atoms with Crippen molar-refractivity contribution in [3.8, 4) is 5.75 Å². The lowest BCUT2D eigenvalue weighted by molar-refractivity contribution is 0.414. The Kier molecular flexibility index (Phi) is 4.16. The Hall–Kier alpha value is -1.88. The van der Waals surface area contributed by atoms with Gasteiger partial charge in [-0.25, -0.2) is 4.98 Å². The van der Waals surface area contributed by atoms with Gasteiger partial charge in [0, 0.05) is 25.4 Å². The molecule has 1 heterocycles. The van der Waals surface area contributed by atoms with Gasteiger partial charge in [0.05, 0.1) is 12.7 Å². The number of thiocarbonyl (C=S) groups is 1. The summed E-state index contributed by atoms with van der Waals surface area (Å²) in [5.74, 6) is 1.77. The van der Waals surface area contributed by atoms with Crippen LogP contribution in [-0.2, 0) is 13.0 Å². The summed E-state index contributed by atoms with van der Waals surface area (Å²) in [5.41, 5.74) is 7.61. The summed E-state index contributed by atoms with van der Waals surface area (Å²) in [6, 6.07) is 5.88. The van der Waals surface area contributed by atoms with E-state index in [1.54, 1.807) is 7.11 Å². The monoisotopic (exact) mass is 275 g/mol. The Morgan fingerprint density at radius 3 is 2.89 bits per heavy atom. The number of hydrogen-bond acceptors (Lipinski definition) is 3. The fourth-order valence-electron chi connectivity index (χ4n) is 2.04. The van der Waals surface area contributed by atoms with Crippen LogP contribution in [0, 0.1) is 0 Å². The van der Waals surface area contributed by atoms with Gasteiger partial charge in [0.2, 0.25) is 0 Å². The first-order valence-corrected chi connectivity index (χ1v) is 6.53. The van der Waals surface area contributed by atoms with Crippen LogP contribution in [0.4, 0.5) is 0 Å². The summed E-state index contributed by atoms with van der Waals surface area (Å²) in [6.07, 6.45) is 4.70. The normalized spacial score (nSPS) is 10.4. The predicted molar refractivity (Wildman–Crippen MR) is 79.6 cm³/mol. The molecule has 0 spiro atoms. The summed E-state index contributed by atoms with van der Waals surface area (Å²) >= 11 is 5.05. The zero-order chi connectivity index (χ0) is 13.8. The number of benzene rings is 1. The molecule has 0 aliphatic rings. The third-order valence-electron chi connectivity index (χ3n) is 3.00. The van der Waals surface area contributed by atoms with Crippen molar-refractivity contribution in [1.29, 1.82) is 0 Å². The maximum atomic E-state index is 5.72. The molecular weight excluding hydrogens is 258 g/mol. The van der Waals surface area contributed by atoms with Crippen molar-refractivity contribution in [3.05, 3.63) is 47.5 Å². The molecule has 0 radical (unpaired) electrons. The van der Waals surface area contributed by atoms with Crippen molar-refractivity contribution < 1.29 is 4.74 Å². The molecule has 0 saturated heterocycles. The molecule has 0 bridgehead atoms. The lowest BCUT2D eigenvalue weighted by atomic mass is 10.1. The van der Waals surface area contributed by atoms with Gasteiger partial charge in [0.25, 0.3) is 0 Å². The molecular formula is C14H17N3OS. The lowest BCUT2D eigenvalue weighted by Gasteiger charge is -2.11. The molecule has 100 valence electrons. The van der Waals surface area contributed by atoms with Crippen molar-refractivity contribution in [2.45, 2.75) is 19.9 Å². The molecule has 0 unspecified atom stereocenters. The standard InChI is InChI=1S/C14H17N3OS/c1-3-13-16-6-7-17(13)9-10-4-5-12(18-2)11(8-10)14(15)19/h4-8H,3,9H2,1-2H3,(H2,15,19). The zero-order valence-corrected chi connectivity index (χ0v) is 11.9. The second-order valence-corrected chi connectivity index (χ2v) is 4.66. The molecule has 5 heteroatoms. The highest BCUT2D eigenvalue weighted by Crippen LogP contribution is 2.20. The van der Waals surface area contributed by atoms with Crippen LogP contribution >= 0.6 is 12.2 Å². The van der Waals surface area contributed by atoms with Crippen LogP contribution in [0.5, 0.6) is 5.75 Å². The van der Waals surface area contributed by atoms with Crippen LogP contribution in [0.15, 0.2) is 30.6 Å². The second kappa shape index (κ2) is 5.84. The Bertz CT molecular complexity index is 592. The lowest BCUT2D eigenvalue weighted by Crippen LogP contribution is -2.12. The largest absolute Gasteiger partial charge is 0.496 e. The molecule has 0 fully saturated rings. The minimum Gasteiger partial charge on any atom is -0.496 e. The quantitative estimate of drug-likeness (QED) is 0.849. The number of ether oxygens (including phenoxy) is 1. The molecule has 2 aromatic rings. The summed E-state index contributed by atoms with van der Waals surface area (Å²) in [6.45, 7) is 2.84. The van der Waals surface area contributed by atoms with E-state index in [4.69, 9.17) is 22.7 Å². The summed E-state index contributed by atoms with van der Waals surface area (Å²) in [7, 11) is 1.61. The summed E-state index contributed by atoms with van der Waals surface area (Å²) < 4.78 is 7.37. The van der Waals surface area contributed by atoms with E-state index in [1.807, 2.05) is 30.6 Å². The highest BCUT2D eigenvalue weighted by molar-refractivity contribution is 7.80. The Morgan fingerprint density at radius 2 is 2.26 bits per heavy atom. The molecule has 2 N–H and O–H groups in total. The number of hydrogen-bond donors (Lipinski definition) is 1. The van der Waals surface area contributed by atoms with Crippen molar-refractivity contribution in [2.75, 3.05) is 7.11 Å². The van der Waals surface area contributed by atoms with E-state index < -0.39 is 0 Å². The van der Waals surface area contributed by atoms with Gasteiger partial charge in [-0.15, -0.1) is 0 Å². The maximum Gasteiger partial charge on any atom is 0.129 e. The summed E-state index contributed by atoms with van der Waals surface area (Å²) in [5, 5.41) is 0. The Labute approximate surface area is 118 Å². The third-order valence-corrected chi connectivity index (χ3v) is 3.22. The average molecular weight is 275 g/mol. The molecule has 4 nitrogen and oxygen atoms in total. The van der Waals surface area contributed by atoms with E-state index in [2.05, 4.69) is 16.5 Å². The first-order valence-electron chi connectivity index (χ1n) is 6.12. The highest BCUT2D eigenvalue weighted by Gasteiger charge is 2.08. The van der Waals surface area contributed by atoms with Gasteiger partial charge >= 0.3 is 0 Å². The Morgan fingerprint density at radius 1 is 1.47 bits per heavy atom. The number of methoxy groups -OCH3 is 1. The smallest absolute Gasteiger partial charge is 0.129 e. The van der Waals surface area contributed by atoms with E-state index in [9.17, 15) is 0 Å². The SMILES string of the molecule is CCc1nccn1Cc1ccc(OC)c(C(N)=S)c1. The second-order valence-electron chi connectivity index (χ2n) is 4.22. The minimum atomic E-state index is 0.347. The molecule has 2 rings (SSSR count). The van der Waals surface area contributed by atoms with Gasteiger partial charge in [-0.3, -0.25) is 0 Å². The first kappa shape index (κ1) is 13.5. The van der Waals surface area contributed by atoms with E-state index >= 15 is 0 Å². The third kappa shape index (κ3) is 2.93. The maximum absolute atomic E-state index is 5.72. The molecule has 0 amide bonds. The van der Waals surface area contributed by atoms with E-state index in [0.29, 0.717) is 10.7 Å². The van der Waals surface area contributed by atoms with Crippen molar-refractivity contribution in [3.63, 3.8) is 0 Å². The van der Waals surface area contributed by atoms with Gasteiger partial charge in [0.1, 0.15) is 16.6 Å². The van der Waals surface area contributed by atoms with Crippen LogP contribution in [0.25, 0.3) is 0 Å². The van der Waals surface area contributed by atoms with Crippen LogP contribution in [-0.4, -0.2) is 21.6 Å². The van der Waals surface area contributed by atoms with Crippen molar-refractivity contribution in [1.82, 2.24) is 9.55 Å². The van der Waals surface area contributed by atoms with Crippen LogP contribution in [0.3, 0.4) is 0 Å². The van der Waals surface area contributed by atoms with Crippen molar-refractivity contribution >= 4 is 17.2 Å². The highest BCUT2D eigenvalue weighted by atomic mass is 32.1. The van der Waals surface area contributed by atoms with Crippen molar-refractivity contribution in [2.24, 2.45) is 5.73 Å². The fourth-order valence-corrected chi connectivity index (χ4v) is 2.20. The first-order chi connectivity index (χ1) is 9.15.